The third kappa shape index (κ3) is 5.94. The minimum atomic E-state index is -0.787. The molecule has 0 saturated carbocycles. The Balaban J connectivity index is 1.54. The van der Waals surface area contributed by atoms with Crippen LogP contribution in [0.15, 0.2) is 60.7 Å². The van der Waals surface area contributed by atoms with E-state index in [0.29, 0.717) is 61.8 Å². The maximum Gasteiger partial charge on any atom is 0.295 e. The first kappa shape index (κ1) is 28.3. The summed E-state index contributed by atoms with van der Waals surface area (Å²) in [4.78, 5) is 32.6. The highest BCUT2D eigenvalue weighted by molar-refractivity contribution is 6.46. The molecule has 3 aromatic rings. The fourth-order valence-corrected chi connectivity index (χ4v) is 5.43. The Morgan fingerprint density at radius 1 is 1.07 bits per heavy atom. The summed E-state index contributed by atoms with van der Waals surface area (Å²) < 4.78 is 19.6. The van der Waals surface area contributed by atoms with Crippen molar-refractivity contribution >= 4 is 17.4 Å². The number of Topliss-reactive ketones (excluding diaryl/α,β-unsaturated/α-hetero) is 1. The monoisotopic (exact) mass is 559 g/mol. The number of fused-ring (bicyclic) bond motifs is 1. The van der Waals surface area contributed by atoms with Crippen LogP contribution in [0, 0.1) is 0 Å². The van der Waals surface area contributed by atoms with Crippen LogP contribution in [0.3, 0.4) is 0 Å². The number of amides is 1. The summed E-state index contributed by atoms with van der Waals surface area (Å²) in [5.41, 5.74) is 2.16. The number of unbranched alkanes of at least 4 members (excludes halogenated alkanes) is 1. The van der Waals surface area contributed by atoms with E-state index in [9.17, 15) is 14.7 Å². The van der Waals surface area contributed by atoms with Crippen LogP contribution >= 0.6 is 0 Å². The smallest absolute Gasteiger partial charge is 0.295 e. The van der Waals surface area contributed by atoms with Gasteiger partial charge in [-0.1, -0.05) is 19.4 Å². The van der Waals surface area contributed by atoms with E-state index in [1.807, 2.05) is 48.9 Å². The highest BCUT2D eigenvalue weighted by Crippen LogP contribution is 2.43. The van der Waals surface area contributed by atoms with Crippen molar-refractivity contribution in [2.24, 2.45) is 0 Å². The fourth-order valence-electron chi connectivity index (χ4n) is 5.43. The van der Waals surface area contributed by atoms with Gasteiger partial charge < -0.3 is 28.8 Å². The topological polar surface area (TPSA) is 103 Å². The quantitative estimate of drug-likeness (QED) is 0.139. The minimum absolute atomic E-state index is 0.0403. The van der Waals surface area contributed by atoms with E-state index in [-0.39, 0.29) is 17.4 Å². The number of hydrogen-bond acceptors (Lipinski definition) is 7. The molecule has 0 spiro atoms. The molecule has 3 heterocycles. The van der Waals surface area contributed by atoms with Gasteiger partial charge in [0.15, 0.2) is 11.5 Å². The van der Waals surface area contributed by atoms with Crippen molar-refractivity contribution in [3.63, 3.8) is 0 Å². The van der Waals surface area contributed by atoms with Gasteiger partial charge in [0.05, 0.1) is 31.2 Å². The molecule has 41 heavy (non-hydrogen) atoms. The van der Waals surface area contributed by atoms with Gasteiger partial charge in [0.2, 0.25) is 0 Å². The van der Waals surface area contributed by atoms with Gasteiger partial charge >= 0.3 is 0 Å². The Morgan fingerprint density at radius 2 is 1.93 bits per heavy atom. The Bertz CT molecular complexity index is 1430. The van der Waals surface area contributed by atoms with Gasteiger partial charge in [0, 0.05) is 37.5 Å². The third-order valence-corrected chi connectivity index (χ3v) is 7.42. The van der Waals surface area contributed by atoms with Crippen molar-refractivity contribution in [3.05, 3.63) is 77.4 Å². The second kappa shape index (κ2) is 12.5. The van der Waals surface area contributed by atoms with Gasteiger partial charge in [-0.3, -0.25) is 9.59 Å². The second-order valence-corrected chi connectivity index (χ2v) is 10.4. The summed E-state index contributed by atoms with van der Waals surface area (Å²) in [7, 11) is 0. The molecule has 1 N–H and O–H groups in total. The van der Waals surface area contributed by atoms with Crippen LogP contribution in [0.1, 0.15) is 62.8 Å². The van der Waals surface area contributed by atoms with Gasteiger partial charge in [0.25, 0.3) is 11.7 Å². The zero-order valence-electron chi connectivity index (χ0n) is 23.8. The second-order valence-electron chi connectivity index (χ2n) is 10.4. The number of nitrogens with zero attached hydrogens (tertiary/aromatic N) is 3. The van der Waals surface area contributed by atoms with Crippen LogP contribution in [-0.4, -0.2) is 57.1 Å². The molecule has 2 aromatic carbocycles. The molecule has 1 fully saturated rings. The van der Waals surface area contributed by atoms with Gasteiger partial charge in [-0.15, -0.1) is 0 Å². The highest BCUT2D eigenvalue weighted by Gasteiger charge is 2.46. The van der Waals surface area contributed by atoms with Crippen LogP contribution in [0.5, 0.6) is 17.2 Å². The van der Waals surface area contributed by atoms with Gasteiger partial charge in [0.1, 0.15) is 17.6 Å². The normalized spacial score (nSPS) is 19.3. The molecule has 1 aromatic heterocycles. The lowest BCUT2D eigenvalue weighted by Crippen LogP contribution is -2.31. The van der Waals surface area contributed by atoms with Crippen molar-refractivity contribution in [2.45, 2.75) is 65.1 Å². The summed E-state index contributed by atoms with van der Waals surface area (Å²) in [6.07, 6.45) is 8.54. The van der Waals surface area contributed by atoms with E-state index in [0.717, 1.165) is 24.2 Å². The number of aryl methyl sites for hydroxylation is 1. The number of aliphatic hydroxyl groups excluding tert-OH is 1. The van der Waals surface area contributed by atoms with Crippen LogP contribution in [0.25, 0.3) is 5.76 Å². The number of carbonyl (C=O) groups excluding carboxylic acids is 2. The molecule has 0 bridgehead atoms. The lowest BCUT2D eigenvalue weighted by molar-refractivity contribution is -0.139. The molecule has 5 rings (SSSR count). The Labute approximate surface area is 240 Å². The Kier molecular flexibility index (Phi) is 8.61. The number of likely N-dealkylation sites (tertiary alicyclic amines) is 1. The summed E-state index contributed by atoms with van der Waals surface area (Å²) in [6.45, 7) is 7.91. The summed E-state index contributed by atoms with van der Waals surface area (Å²) in [5.74, 6) is 0.366. The molecule has 9 heteroatoms. The van der Waals surface area contributed by atoms with E-state index >= 15 is 0 Å². The maximum absolute atomic E-state index is 13.5. The molecule has 0 unspecified atom stereocenters. The number of aliphatic hydroxyl groups is 1. The molecule has 0 radical (unpaired) electrons. The van der Waals surface area contributed by atoms with Gasteiger partial charge in [-0.25, -0.2) is 4.98 Å². The molecule has 216 valence electrons. The molecular formula is C32H37N3O6. The fraction of sp³-hybridized carbons (Fsp3) is 0.406. The number of aromatic nitrogens is 2. The lowest BCUT2D eigenvalue weighted by atomic mass is 9.94. The number of ether oxygens (including phenoxy) is 3. The Morgan fingerprint density at radius 3 is 2.68 bits per heavy atom. The number of rotatable bonds is 12. The van der Waals surface area contributed by atoms with Crippen LogP contribution < -0.4 is 14.2 Å². The highest BCUT2D eigenvalue weighted by atomic mass is 16.5. The molecular weight excluding hydrogens is 522 g/mol. The van der Waals surface area contributed by atoms with Crippen LogP contribution in [0.4, 0.5) is 0 Å². The first-order chi connectivity index (χ1) is 19.9. The number of ketones is 1. The zero-order chi connectivity index (χ0) is 28.9. The molecule has 2 atom stereocenters. The molecule has 2 aliphatic heterocycles. The summed E-state index contributed by atoms with van der Waals surface area (Å²) >= 11 is 0. The average Bonchev–Trinajstić information content (AvgIpc) is 3.68. The van der Waals surface area contributed by atoms with E-state index in [1.54, 1.807) is 29.6 Å². The van der Waals surface area contributed by atoms with Crippen LogP contribution in [-0.2, 0) is 22.6 Å². The number of hydrogen-bond donors (Lipinski definition) is 1. The molecule has 1 saturated heterocycles. The third-order valence-electron chi connectivity index (χ3n) is 7.42. The molecule has 9 nitrogen and oxygen atoms in total. The minimum Gasteiger partial charge on any atom is -0.507 e. The summed E-state index contributed by atoms with van der Waals surface area (Å²) in [5, 5.41) is 11.6. The van der Waals surface area contributed by atoms with E-state index in [2.05, 4.69) is 11.9 Å². The van der Waals surface area contributed by atoms with Crippen molar-refractivity contribution in [1.29, 1.82) is 0 Å². The molecule has 1 amide bonds. The maximum atomic E-state index is 13.5. The van der Waals surface area contributed by atoms with Crippen molar-refractivity contribution in [2.75, 3.05) is 19.8 Å². The van der Waals surface area contributed by atoms with Crippen molar-refractivity contribution < 1.29 is 28.9 Å². The van der Waals surface area contributed by atoms with E-state index in [1.165, 1.54) is 0 Å². The summed E-state index contributed by atoms with van der Waals surface area (Å²) in [6, 6.07) is 10.1. The molecule has 2 aliphatic rings. The largest absolute Gasteiger partial charge is 0.507 e. The van der Waals surface area contributed by atoms with Crippen molar-refractivity contribution in [1.82, 2.24) is 14.5 Å². The predicted octanol–water partition coefficient (Wildman–Crippen LogP) is 5.30. The first-order valence-electron chi connectivity index (χ1n) is 14.3. The number of benzene rings is 2. The number of imidazole rings is 1. The Hall–Kier alpha value is -4.27. The van der Waals surface area contributed by atoms with Gasteiger partial charge in [-0.2, -0.15) is 0 Å². The molecule has 0 aliphatic carbocycles. The predicted molar refractivity (Wildman–Crippen MR) is 154 cm³/mol. The lowest BCUT2D eigenvalue weighted by Gasteiger charge is -2.26. The van der Waals surface area contributed by atoms with Crippen molar-refractivity contribution in [3.8, 4) is 17.2 Å². The van der Waals surface area contributed by atoms with E-state index < -0.39 is 17.7 Å². The number of carbonyl (C=O) groups is 2. The average molecular weight is 560 g/mol. The zero-order valence-corrected chi connectivity index (χ0v) is 23.8. The van der Waals surface area contributed by atoms with Crippen LogP contribution in [0.2, 0.25) is 0 Å². The SMILES string of the molecule is CCCCOc1ccc([C@@H]2C(=C(O)c3ccc4c(c3)C[C@@H](C)O4)C(=O)C(=O)N2CCCn2ccnc2)cc1OCC. The van der Waals surface area contributed by atoms with E-state index in [4.69, 9.17) is 14.2 Å². The standard InChI is InChI=1S/C32H37N3O6/c1-4-6-16-40-26-11-8-22(19-27(26)39-5-2)29-28(30(36)23-9-10-25-24(18-23)17-21(3)41-25)31(37)32(38)35(29)14-7-13-34-15-12-33-20-34/h8-12,15,18-21,29,36H,4-7,13-14,16-17H2,1-3H3/t21-,29-/m1/s1. The first-order valence-corrected chi connectivity index (χ1v) is 14.3. The van der Waals surface area contributed by atoms with Gasteiger partial charge in [-0.05, 0) is 68.1 Å².